The van der Waals surface area contributed by atoms with Gasteiger partial charge in [-0.25, -0.2) is 0 Å². The zero-order chi connectivity index (χ0) is 27.7. The van der Waals surface area contributed by atoms with Gasteiger partial charge in [-0.1, -0.05) is 30.3 Å². The maximum atomic E-state index is 14.0. The molecule has 1 aliphatic heterocycles. The third-order valence-corrected chi connectivity index (χ3v) is 7.85. The van der Waals surface area contributed by atoms with Gasteiger partial charge >= 0.3 is 0 Å². The van der Waals surface area contributed by atoms with Gasteiger partial charge in [0.2, 0.25) is 5.91 Å². The van der Waals surface area contributed by atoms with E-state index in [1.165, 1.54) is 6.92 Å². The summed E-state index contributed by atoms with van der Waals surface area (Å²) in [6.45, 7) is 7.24. The molecule has 7 heteroatoms. The molecule has 5 rings (SSSR count). The van der Waals surface area contributed by atoms with Gasteiger partial charge in [-0.3, -0.25) is 14.5 Å². The lowest BCUT2D eigenvalue weighted by molar-refractivity contribution is -0.117. The monoisotopic (exact) mass is 525 g/mol. The fourth-order valence-electron chi connectivity index (χ4n) is 5.89. The number of fused-ring (bicyclic) bond motifs is 1. The van der Waals surface area contributed by atoms with Gasteiger partial charge < -0.3 is 20.1 Å². The van der Waals surface area contributed by atoms with Crippen LogP contribution in [0.1, 0.15) is 56.7 Å². The molecule has 1 heterocycles. The Morgan fingerprint density at radius 3 is 2.41 bits per heavy atom. The topological polar surface area (TPSA) is 82.1 Å². The van der Waals surface area contributed by atoms with Crippen LogP contribution >= 0.6 is 0 Å². The van der Waals surface area contributed by atoms with Crippen LogP contribution in [0.4, 0.5) is 17.1 Å². The maximum Gasteiger partial charge on any atom is 0.224 e. The Morgan fingerprint density at radius 1 is 1.05 bits per heavy atom. The van der Waals surface area contributed by atoms with Crippen LogP contribution in [0.2, 0.25) is 0 Å². The highest BCUT2D eigenvalue weighted by Crippen LogP contribution is 2.49. The number of anilines is 3. The number of hydrogen-bond acceptors (Lipinski definition) is 6. The molecule has 0 fully saturated rings. The number of aromatic hydroxyl groups is 1. The average Bonchev–Trinajstić information content (AvgIpc) is 3.08. The number of nitrogens with zero attached hydrogens (tertiary/aromatic N) is 2. The molecule has 3 aromatic carbocycles. The number of para-hydroxylation sites is 2. The van der Waals surface area contributed by atoms with E-state index in [2.05, 4.69) is 24.1 Å². The minimum atomic E-state index is -0.760. The summed E-state index contributed by atoms with van der Waals surface area (Å²) < 4.78 is 5.31. The first-order chi connectivity index (χ1) is 18.9. The van der Waals surface area contributed by atoms with Crippen molar-refractivity contribution in [1.82, 2.24) is 0 Å². The fraction of sp³-hybridized carbons (Fsp3) is 0.312. The van der Waals surface area contributed by atoms with Gasteiger partial charge in [0.1, 0.15) is 11.5 Å². The van der Waals surface area contributed by atoms with Gasteiger partial charge in [-0.2, -0.15) is 0 Å². The highest BCUT2D eigenvalue weighted by Gasteiger charge is 2.41. The first-order valence-corrected chi connectivity index (χ1v) is 13.5. The van der Waals surface area contributed by atoms with E-state index < -0.39 is 6.04 Å². The van der Waals surface area contributed by atoms with Crippen LogP contribution in [-0.2, 0) is 9.59 Å². The molecule has 0 spiro atoms. The summed E-state index contributed by atoms with van der Waals surface area (Å²) in [7, 11) is 1.63. The van der Waals surface area contributed by atoms with E-state index in [1.54, 1.807) is 18.1 Å². The van der Waals surface area contributed by atoms with Gasteiger partial charge in [-0.15, -0.1) is 0 Å². The summed E-state index contributed by atoms with van der Waals surface area (Å²) in [5.74, 6) is 0.557. The summed E-state index contributed by atoms with van der Waals surface area (Å²) in [6, 6.07) is 20.2. The molecular formula is C32H35N3O4. The van der Waals surface area contributed by atoms with Crippen LogP contribution in [0, 0.1) is 0 Å². The molecule has 0 bridgehead atoms. The van der Waals surface area contributed by atoms with Crippen molar-refractivity contribution in [3.8, 4) is 11.5 Å². The van der Waals surface area contributed by atoms with E-state index in [9.17, 15) is 14.7 Å². The Hall–Kier alpha value is -4.26. The second-order valence-corrected chi connectivity index (χ2v) is 10.0. The molecule has 202 valence electrons. The molecule has 0 aromatic heterocycles. The van der Waals surface area contributed by atoms with E-state index in [0.29, 0.717) is 29.7 Å². The minimum absolute atomic E-state index is 0.0232. The van der Waals surface area contributed by atoms with Crippen molar-refractivity contribution in [3.63, 3.8) is 0 Å². The molecule has 0 saturated carbocycles. The number of hydrogen-bond donors (Lipinski definition) is 2. The third-order valence-electron chi connectivity index (χ3n) is 7.85. The number of nitrogens with one attached hydrogen (secondary N) is 1. The quantitative estimate of drug-likeness (QED) is 0.401. The smallest absolute Gasteiger partial charge is 0.224 e. The van der Waals surface area contributed by atoms with E-state index in [0.717, 1.165) is 41.5 Å². The molecule has 1 aliphatic carbocycles. The van der Waals surface area contributed by atoms with Gasteiger partial charge in [-0.05, 0) is 62.1 Å². The van der Waals surface area contributed by atoms with E-state index in [-0.39, 0.29) is 23.4 Å². The Kier molecular flexibility index (Phi) is 7.33. The lowest BCUT2D eigenvalue weighted by Gasteiger charge is -2.35. The normalized spacial score (nSPS) is 18.6. The number of allylic oxidation sites excluding steroid dienone is 1. The number of rotatable bonds is 6. The first kappa shape index (κ1) is 26.4. The SMILES string of the molecule is CCN(CC)c1ccc(C2C3=C(CC(c4ccc(OC)cc4)CC3=O)Nc3ccccc3N2C(C)=O)c(O)c1. The molecule has 2 N–H and O–H groups in total. The third kappa shape index (κ3) is 4.85. The number of carbonyl (C=O) groups excluding carboxylic acids is 2. The molecular weight excluding hydrogens is 490 g/mol. The van der Waals surface area contributed by atoms with Gasteiger partial charge in [0.05, 0.1) is 24.5 Å². The Bertz CT molecular complexity index is 1430. The number of ketones is 1. The summed E-state index contributed by atoms with van der Waals surface area (Å²) in [5, 5.41) is 14.9. The Morgan fingerprint density at radius 2 is 1.77 bits per heavy atom. The molecule has 2 aliphatic rings. The molecule has 2 atom stereocenters. The van der Waals surface area contributed by atoms with Crippen molar-refractivity contribution in [2.75, 3.05) is 35.3 Å². The predicted octanol–water partition coefficient (Wildman–Crippen LogP) is 6.17. The second-order valence-electron chi connectivity index (χ2n) is 10.0. The molecule has 2 unspecified atom stereocenters. The van der Waals surface area contributed by atoms with Crippen molar-refractivity contribution in [1.29, 1.82) is 0 Å². The van der Waals surface area contributed by atoms with Crippen LogP contribution in [-0.4, -0.2) is 37.0 Å². The minimum Gasteiger partial charge on any atom is -0.507 e. The van der Waals surface area contributed by atoms with Crippen molar-refractivity contribution < 1.29 is 19.4 Å². The molecule has 1 amide bonds. The molecule has 3 aromatic rings. The van der Waals surface area contributed by atoms with Crippen LogP contribution in [0.25, 0.3) is 0 Å². The van der Waals surface area contributed by atoms with Crippen molar-refractivity contribution in [2.45, 2.75) is 45.6 Å². The predicted molar refractivity (Wildman–Crippen MR) is 155 cm³/mol. The number of phenols is 1. The summed E-state index contributed by atoms with van der Waals surface area (Å²) in [6.07, 6.45) is 0.909. The summed E-state index contributed by atoms with van der Waals surface area (Å²) >= 11 is 0. The van der Waals surface area contributed by atoms with Crippen molar-refractivity contribution in [3.05, 3.63) is 89.1 Å². The zero-order valence-electron chi connectivity index (χ0n) is 22.9. The number of methoxy groups -OCH3 is 1. The van der Waals surface area contributed by atoms with E-state index in [4.69, 9.17) is 4.74 Å². The lowest BCUT2D eigenvalue weighted by atomic mass is 9.78. The number of phenolic OH excluding ortho intramolecular Hbond substituents is 1. The number of benzene rings is 3. The van der Waals surface area contributed by atoms with Crippen molar-refractivity contribution >= 4 is 28.8 Å². The number of ether oxygens (including phenoxy) is 1. The van der Waals surface area contributed by atoms with E-state index >= 15 is 0 Å². The van der Waals surface area contributed by atoms with Gasteiger partial charge in [0.25, 0.3) is 0 Å². The van der Waals surface area contributed by atoms with Gasteiger partial charge in [0, 0.05) is 55.0 Å². The summed E-state index contributed by atoms with van der Waals surface area (Å²) in [4.78, 5) is 31.1. The molecule has 7 nitrogen and oxygen atoms in total. The fourth-order valence-corrected chi connectivity index (χ4v) is 5.89. The van der Waals surface area contributed by atoms with Crippen LogP contribution in [0.5, 0.6) is 11.5 Å². The largest absolute Gasteiger partial charge is 0.507 e. The highest BCUT2D eigenvalue weighted by atomic mass is 16.5. The zero-order valence-corrected chi connectivity index (χ0v) is 22.9. The van der Waals surface area contributed by atoms with Crippen LogP contribution in [0.3, 0.4) is 0 Å². The molecule has 0 radical (unpaired) electrons. The second kappa shape index (κ2) is 10.8. The molecule has 0 saturated heterocycles. The number of Topliss-reactive ketones (excluding diaryl/α,β-unsaturated/α-hetero) is 1. The molecule has 39 heavy (non-hydrogen) atoms. The lowest BCUT2D eigenvalue weighted by Crippen LogP contribution is -2.37. The maximum absolute atomic E-state index is 14.0. The number of carbonyl (C=O) groups is 2. The van der Waals surface area contributed by atoms with Crippen LogP contribution in [0.15, 0.2) is 78.0 Å². The highest BCUT2D eigenvalue weighted by molar-refractivity contribution is 6.06. The van der Waals surface area contributed by atoms with Crippen molar-refractivity contribution in [2.24, 2.45) is 0 Å². The average molecular weight is 526 g/mol. The van der Waals surface area contributed by atoms with Gasteiger partial charge in [0.15, 0.2) is 5.78 Å². The standard InChI is InChI=1S/C32H35N3O4/c1-5-34(6-2)23-13-16-25(29(37)19-23)32-31-27(33-26-9-7-8-10-28(26)35(32)20(3)36)17-22(18-30(31)38)21-11-14-24(39-4)15-12-21/h7-16,19,22,32-33,37H,5-6,17-18H2,1-4H3. The van der Waals surface area contributed by atoms with Crippen LogP contribution < -0.4 is 19.9 Å². The van der Waals surface area contributed by atoms with E-state index in [1.807, 2.05) is 60.7 Å². The number of amides is 1. The first-order valence-electron chi connectivity index (χ1n) is 13.5. The summed E-state index contributed by atoms with van der Waals surface area (Å²) in [5.41, 5.74) is 5.21. The Labute approximate surface area is 229 Å². The Balaban J connectivity index is 1.67.